The SMILES string of the molecule is CC(CCN(C)C)NC(=O)c1cc(S)cs1. The van der Waals surface area contributed by atoms with Gasteiger partial charge in [0.15, 0.2) is 0 Å². The molecule has 1 rings (SSSR count). The standard InChI is InChI=1S/C11H18N2OS2/c1-8(4-5-13(2)3)12-11(14)10-6-9(15)7-16-10/h6-8,15H,4-5H2,1-3H3,(H,12,14). The van der Waals surface area contributed by atoms with Crippen LogP contribution in [0.25, 0.3) is 0 Å². The van der Waals surface area contributed by atoms with Crippen molar-refractivity contribution in [2.75, 3.05) is 20.6 Å². The highest BCUT2D eigenvalue weighted by Gasteiger charge is 2.11. The Morgan fingerprint density at radius 2 is 2.31 bits per heavy atom. The molecule has 5 heteroatoms. The first kappa shape index (κ1) is 13.5. The van der Waals surface area contributed by atoms with E-state index in [2.05, 4.69) is 22.8 Å². The van der Waals surface area contributed by atoms with E-state index in [0.29, 0.717) is 0 Å². The second-order valence-corrected chi connectivity index (χ2v) is 5.56. The minimum absolute atomic E-state index is 0.00319. The molecule has 0 saturated heterocycles. The Balaban J connectivity index is 2.39. The van der Waals surface area contributed by atoms with Crippen LogP contribution < -0.4 is 5.32 Å². The fourth-order valence-corrected chi connectivity index (χ4v) is 2.32. The lowest BCUT2D eigenvalue weighted by molar-refractivity contribution is 0.0941. The van der Waals surface area contributed by atoms with Crippen LogP contribution in [-0.4, -0.2) is 37.5 Å². The molecular weight excluding hydrogens is 240 g/mol. The molecule has 0 aromatic carbocycles. The zero-order valence-corrected chi connectivity index (χ0v) is 11.6. The monoisotopic (exact) mass is 258 g/mol. The van der Waals surface area contributed by atoms with E-state index >= 15 is 0 Å². The van der Waals surface area contributed by atoms with Crippen LogP contribution in [0, 0.1) is 0 Å². The lowest BCUT2D eigenvalue weighted by Crippen LogP contribution is -2.34. The fraction of sp³-hybridized carbons (Fsp3) is 0.545. The zero-order chi connectivity index (χ0) is 12.1. The minimum atomic E-state index is -0.00319. The quantitative estimate of drug-likeness (QED) is 0.793. The Hall–Kier alpha value is -0.520. The number of carbonyl (C=O) groups is 1. The maximum Gasteiger partial charge on any atom is 0.261 e. The molecule has 1 unspecified atom stereocenters. The van der Waals surface area contributed by atoms with Crippen LogP contribution >= 0.6 is 24.0 Å². The molecular formula is C11H18N2OS2. The molecule has 0 fully saturated rings. The number of amides is 1. The van der Waals surface area contributed by atoms with Crippen molar-refractivity contribution in [1.29, 1.82) is 0 Å². The van der Waals surface area contributed by atoms with E-state index in [1.807, 2.05) is 26.4 Å². The Labute approximate surface area is 106 Å². The molecule has 0 saturated carbocycles. The fourth-order valence-electron chi connectivity index (χ4n) is 1.26. The Morgan fingerprint density at radius 1 is 1.62 bits per heavy atom. The molecule has 1 aromatic heterocycles. The number of rotatable bonds is 5. The van der Waals surface area contributed by atoms with Gasteiger partial charge >= 0.3 is 0 Å². The predicted molar refractivity (Wildman–Crippen MR) is 71.7 cm³/mol. The van der Waals surface area contributed by atoms with Gasteiger partial charge in [0.05, 0.1) is 4.88 Å². The second kappa shape index (κ2) is 6.27. The average molecular weight is 258 g/mol. The summed E-state index contributed by atoms with van der Waals surface area (Å²) in [4.78, 5) is 15.4. The van der Waals surface area contributed by atoms with Crippen molar-refractivity contribution in [3.8, 4) is 0 Å². The Morgan fingerprint density at radius 3 is 2.81 bits per heavy atom. The lowest BCUT2D eigenvalue weighted by atomic mass is 10.2. The van der Waals surface area contributed by atoms with Crippen molar-refractivity contribution >= 4 is 29.9 Å². The topological polar surface area (TPSA) is 32.3 Å². The van der Waals surface area contributed by atoms with Gasteiger partial charge in [-0.2, -0.15) is 0 Å². The average Bonchev–Trinajstić information content (AvgIpc) is 2.62. The van der Waals surface area contributed by atoms with E-state index in [1.165, 1.54) is 11.3 Å². The molecule has 1 aromatic rings. The summed E-state index contributed by atoms with van der Waals surface area (Å²) in [6.07, 6.45) is 0.956. The summed E-state index contributed by atoms with van der Waals surface area (Å²) in [5, 5.41) is 4.84. The van der Waals surface area contributed by atoms with Crippen molar-refractivity contribution in [3.05, 3.63) is 16.3 Å². The number of nitrogens with zero attached hydrogens (tertiary/aromatic N) is 1. The zero-order valence-electron chi connectivity index (χ0n) is 9.86. The van der Waals surface area contributed by atoms with Gasteiger partial charge in [-0.05, 0) is 40.1 Å². The van der Waals surface area contributed by atoms with Crippen LogP contribution in [-0.2, 0) is 0 Å². The van der Waals surface area contributed by atoms with E-state index < -0.39 is 0 Å². The summed E-state index contributed by atoms with van der Waals surface area (Å²) < 4.78 is 0. The number of hydrogen-bond acceptors (Lipinski definition) is 4. The molecule has 3 nitrogen and oxygen atoms in total. The number of nitrogens with one attached hydrogen (secondary N) is 1. The number of carbonyl (C=O) groups excluding carboxylic acids is 1. The Kier molecular flexibility index (Phi) is 5.31. The molecule has 1 amide bonds. The van der Waals surface area contributed by atoms with Crippen molar-refractivity contribution in [2.24, 2.45) is 0 Å². The molecule has 90 valence electrons. The van der Waals surface area contributed by atoms with E-state index in [-0.39, 0.29) is 11.9 Å². The van der Waals surface area contributed by atoms with Gasteiger partial charge in [-0.1, -0.05) is 0 Å². The van der Waals surface area contributed by atoms with Crippen molar-refractivity contribution < 1.29 is 4.79 Å². The maximum absolute atomic E-state index is 11.8. The van der Waals surface area contributed by atoms with Gasteiger partial charge in [0.25, 0.3) is 5.91 Å². The van der Waals surface area contributed by atoms with Gasteiger partial charge in [0.1, 0.15) is 0 Å². The van der Waals surface area contributed by atoms with Crippen LogP contribution in [0.4, 0.5) is 0 Å². The molecule has 0 aliphatic heterocycles. The summed E-state index contributed by atoms with van der Waals surface area (Å²) in [5.41, 5.74) is 0. The van der Waals surface area contributed by atoms with Crippen LogP contribution in [0.1, 0.15) is 23.0 Å². The molecule has 16 heavy (non-hydrogen) atoms. The lowest BCUT2D eigenvalue weighted by Gasteiger charge is -2.16. The minimum Gasteiger partial charge on any atom is -0.349 e. The van der Waals surface area contributed by atoms with Gasteiger partial charge in [-0.3, -0.25) is 4.79 Å². The van der Waals surface area contributed by atoms with Crippen LogP contribution in [0.15, 0.2) is 16.3 Å². The molecule has 1 atom stereocenters. The molecule has 0 aliphatic carbocycles. The molecule has 0 bridgehead atoms. The summed E-state index contributed by atoms with van der Waals surface area (Å²) >= 11 is 5.61. The van der Waals surface area contributed by atoms with E-state index in [1.54, 1.807) is 6.07 Å². The summed E-state index contributed by atoms with van der Waals surface area (Å²) in [6, 6.07) is 1.99. The van der Waals surface area contributed by atoms with Gasteiger partial charge in [-0.15, -0.1) is 24.0 Å². The van der Waals surface area contributed by atoms with Gasteiger partial charge in [-0.25, -0.2) is 0 Å². The summed E-state index contributed by atoms with van der Waals surface area (Å²) in [5.74, 6) is -0.00319. The highest BCUT2D eigenvalue weighted by Crippen LogP contribution is 2.17. The third kappa shape index (κ3) is 4.55. The first-order chi connectivity index (χ1) is 7.49. The number of thiol groups is 1. The second-order valence-electron chi connectivity index (χ2n) is 4.14. The van der Waals surface area contributed by atoms with Gasteiger partial charge < -0.3 is 10.2 Å². The molecule has 0 aliphatic rings. The largest absolute Gasteiger partial charge is 0.349 e. The molecule has 0 radical (unpaired) electrons. The van der Waals surface area contributed by atoms with Crippen LogP contribution in [0.2, 0.25) is 0 Å². The first-order valence-corrected chi connectivity index (χ1v) is 6.55. The van der Waals surface area contributed by atoms with Crippen molar-refractivity contribution in [2.45, 2.75) is 24.3 Å². The number of hydrogen-bond donors (Lipinski definition) is 2. The Bertz CT molecular complexity index is 350. The van der Waals surface area contributed by atoms with E-state index in [9.17, 15) is 4.79 Å². The number of thiophene rings is 1. The molecule has 0 spiro atoms. The molecule has 1 heterocycles. The van der Waals surface area contributed by atoms with Crippen molar-refractivity contribution in [1.82, 2.24) is 10.2 Å². The third-order valence-electron chi connectivity index (χ3n) is 2.20. The highest BCUT2D eigenvalue weighted by molar-refractivity contribution is 7.80. The van der Waals surface area contributed by atoms with Gasteiger partial charge in [0, 0.05) is 16.3 Å². The summed E-state index contributed by atoms with van der Waals surface area (Å²) in [7, 11) is 4.06. The van der Waals surface area contributed by atoms with E-state index in [4.69, 9.17) is 0 Å². The highest BCUT2D eigenvalue weighted by atomic mass is 32.1. The van der Waals surface area contributed by atoms with E-state index in [0.717, 1.165) is 22.7 Å². The van der Waals surface area contributed by atoms with Gasteiger partial charge in [0.2, 0.25) is 0 Å². The summed E-state index contributed by atoms with van der Waals surface area (Å²) in [6.45, 7) is 3.00. The van der Waals surface area contributed by atoms with Crippen LogP contribution in [0.3, 0.4) is 0 Å². The first-order valence-electron chi connectivity index (χ1n) is 5.22. The smallest absolute Gasteiger partial charge is 0.261 e. The normalized spacial score (nSPS) is 12.8. The van der Waals surface area contributed by atoms with Crippen LogP contribution in [0.5, 0.6) is 0 Å². The maximum atomic E-state index is 11.8. The predicted octanol–water partition coefficient (Wildman–Crippen LogP) is 2.11. The third-order valence-corrected chi connectivity index (χ3v) is 3.56. The molecule has 1 N–H and O–H groups in total. The van der Waals surface area contributed by atoms with Crippen molar-refractivity contribution in [3.63, 3.8) is 0 Å².